The van der Waals surface area contributed by atoms with Crippen LogP contribution in [0.2, 0.25) is 0 Å². The van der Waals surface area contributed by atoms with Gasteiger partial charge >= 0.3 is 6.03 Å². The third kappa shape index (κ3) is 4.72. The van der Waals surface area contributed by atoms with Crippen LogP contribution in [0.5, 0.6) is 0 Å². The van der Waals surface area contributed by atoms with Gasteiger partial charge in [-0.2, -0.15) is 0 Å². The summed E-state index contributed by atoms with van der Waals surface area (Å²) in [6, 6.07) is 7.63. The van der Waals surface area contributed by atoms with Gasteiger partial charge in [-0.25, -0.2) is 4.79 Å². The number of hydrogen-bond acceptors (Lipinski definition) is 3. The first-order valence-corrected chi connectivity index (χ1v) is 9.29. The van der Waals surface area contributed by atoms with Crippen LogP contribution in [-0.2, 0) is 4.79 Å². The van der Waals surface area contributed by atoms with Crippen LogP contribution in [0.25, 0.3) is 0 Å². The number of carbonyl (C=O) groups excluding carboxylic acids is 2. The lowest BCUT2D eigenvalue weighted by Gasteiger charge is -2.30. The largest absolute Gasteiger partial charge is 0.341 e. The summed E-state index contributed by atoms with van der Waals surface area (Å²) >= 11 is 0. The number of likely N-dealkylation sites (tertiary alicyclic amines) is 1. The van der Waals surface area contributed by atoms with Crippen LogP contribution in [0.1, 0.15) is 38.5 Å². The van der Waals surface area contributed by atoms with Gasteiger partial charge in [-0.1, -0.05) is 19.3 Å². The third-order valence-corrected chi connectivity index (χ3v) is 5.32. The van der Waals surface area contributed by atoms with Crippen molar-refractivity contribution in [1.29, 1.82) is 0 Å². The highest BCUT2D eigenvalue weighted by atomic mass is 16.2. The maximum absolute atomic E-state index is 12.5. The van der Waals surface area contributed by atoms with Gasteiger partial charge in [0, 0.05) is 31.0 Å². The number of amides is 3. The van der Waals surface area contributed by atoms with E-state index in [1.807, 2.05) is 12.1 Å². The average Bonchev–Trinajstić information content (AvgIpc) is 3.14. The van der Waals surface area contributed by atoms with Gasteiger partial charge in [0.25, 0.3) is 0 Å². The van der Waals surface area contributed by atoms with E-state index in [4.69, 9.17) is 0 Å². The Hall–Kier alpha value is -2.08. The molecule has 1 saturated carbocycles. The zero-order valence-electron chi connectivity index (χ0n) is 14.9. The van der Waals surface area contributed by atoms with Crippen LogP contribution < -0.4 is 16.0 Å². The molecule has 2 aliphatic rings. The first kappa shape index (κ1) is 17.7. The van der Waals surface area contributed by atoms with Gasteiger partial charge in [-0.05, 0) is 50.1 Å². The normalized spacial score (nSPS) is 21.7. The summed E-state index contributed by atoms with van der Waals surface area (Å²) in [5.41, 5.74) is 1.46. The fourth-order valence-corrected chi connectivity index (χ4v) is 3.85. The van der Waals surface area contributed by atoms with Crippen molar-refractivity contribution in [3.63, 3.8) is 0 Å². The van der Waals surface area contributed by atoms with E-state index in [-0.39, 0.29) is 17.9 Å². The molecule has 3 amide bonds. The van der Waals surface area contributed by atoms with Crippen molar-refractivity contribution in [3.05, 3.63) is 24.3 Å². The smallest absolute Gasteiger partial charge is 0.318 e. The number of benzene rings is 1. The Bertz CT molecular complexity index is 596. The lowest BCUT2D eigenvalue weighted by atomic mass is 9.94. The second-order valence-corrected chi connectivity index (χ2v) is 7.04. The van der Waals surface area contributed by atoms with Gasteiger partial charge in [0.05, 0.1) is 5.92 Å². The van der Waals surface area contributed by atoms with Crippen LogP contribution in [0, 0.1) is 5.92 Å². The minimum atomic E-state index is -0.259. The summed E-state index contributed by atoms with van der Waals surface area (Å²) in [6.45, 7) is 1.92. The van der Waals surface area contributed by atoms with Crippen LogP contribution >= 0.6 is 0 Å². The summed E-state index contributed by atoms with van der Waals surface area (Å²) in [5.74, 6) is 0.177. The number of carbonyl (C=O) groups is 2. The first-order valence-electron chi connectivity index (χ1n) is 9.29. The predicted octanol–water partition coefficient (Wildman–Crippen LogP) is 3.03. The fraction of sp³-hybridized carbons (Fsp3) is 0.579. The minimum absolute atomic E-state index is 0.0746. The summed E-state index contributed by atoms with van der Waals surface area (Å²) in [6.07, 6.45) is 7.53. The predicted molar refractivity (Wildman–Crippen MR) is 99.7 cm³/mol. The molecular weight excluding hydrogens is 316 g/mol. The van der Waals surface area contributed by atoms with Crippen molar-refractivity contribution in [2.75, 3.05) is 30.8 Å². The number of nitrogens with zero attached hydrogens (tertiary/aromatic N) is 1. The third-order valence-electron chi connectivity index (χ3n) is 5.32. The maximum atomic E-state index is 12.5. The molecule has 1 aliphatic carbocycles. The molecule has 3 rings (SSSR count). The molecule has 1 aromatic rings. The lowest BCUT2D eigenvalue weighted by molar-refractivity contribution is -0.119. The Morgan fingerprint density at radius 1 is 0.960 bits per heavy atom. The summed E-state index contributed by atoms with van der Waals surface area (Å²) in [4.78, 5) is 26.3. The van der Waals surface area contributed by atoms with E-state index in [0.29, 0.717) is 11.7 Å². The highest BCUT2D eigenvalue weighted by molar-refractivity contribution is 5.93. The number of hydrogen-bond donors (Lipinski definition) is 3. The highest BCUT2D eigenvalue weighted by Crippen LogP contribution is 2.28. The molecule has 0 aromatic heterocycles. The van der Waals surface area contributed by atoms with E-state index >= 15 is 0 Å². The zero-order chi connectivity index (χ0) is 17.6. The number of rotatable bonds is 4. The average molecular weight is 344 g/mol. The monoisotopic (exact) mass is 344 g/mol. The molecule has 25 heavy (non-hydrogen) atoms. The van der Waals surface area contributed by atoms with Crippen molar-refractivity contribution in [1.82, 2.24) is 10.2 Å². The first-order chi connectivity index (χ1) is 12.2. The standard InChI is InChI=1S/C19H28N4O2/c1-20-19(25)22-16-9-7-15(8-10-16)21-18(24)14-11-12-23(13-14)17-5-3-2-4-6-17/h7-10,14,17H,2-6,11-13H2,1H3,(H,21,24)(H2,20,22,25)/t14-/m0/s1. The molecule has 6 nitrogen and oxygen atoms in total. The van der Waals surface area contributed by atoms with Crippen molar-refractivity contribution < 1.29 is 9.59 Å². The maximum Gasteiger partial charge on any atom is 0.318 e. The van der Waals surface area contributed by atoms with E-state index in [9.17, 15) is 9.59 Å². The van der Waals surface area contributed by atoms with Crippen LogP contribution in [0.3, 0.4) is 0 Å². The van der Waals surface area contributed by atoms with Gasteiger partial charge < -0.3 is 16.0 Å². The topological polar surface area (TPSA) is 73.5 Å². The van der Waals surface area contributed by atoms with Crippen LogP contribution in [-0.4, -0.2) is 43.0 Å². The second kappa shape index (κ2) is 8.34. The second-order valence-electron chi connectivity index (χ2n) is 7.04. The molecule has 1 heterocycles. The zero-order valence-corrected chi connectivity index (χ0v) is 14.9. The van der Waals surface area contributed by atoms with Crippen LogP contribution in [0.15, 0.2) is 24.3 Å². The van der Waals surface area contributed by atoms with Gasteiger partial charge in [0.15, 0.2) is 0 Å². The Morgan fingerprint density at radius 3 is 2.24 bits per heavy atom. The van der Waals surface area contributed by atoms with Crippen molar-refractivity contribution >= 4 is 23.3 Å². The molecule has 1 aromatic carbocycles. The van der Waals surface area contributed by atoms with Crippen molar-refractivity contribution in [2.45, 2.75) is 44.6 Å². The molecule has 3 N–H and O–H groups in total. The summed E-state index contributed by atoms with van der Waals surface area (Å²) < 4.78 is 0. The number of nitrogens with one attached hydrogen (secondary N) is 3. The van der Waals surface area contributed by atoms with Crippen LogP contribution in [0.4, 0.5) is 16.2 Å². The molecule has 2 fully saturated rings. The Labute approximate surface area is 149 Å². The Morgan fingerprint density at radius 2 is 1.60 bits per heavy atom. The minimum Gasteiger partial charge on any atom is -0.341 e. The molecular formula is C19H28N4O2. The molecule has 0 bridgehead atoms. The molecule has 136 valence electrons. The quantitative estimate of drug-likeness (QED) is 0.786. The van der Waals surface area contributed by atoms with E-state index in [1.165, 1.54) is 32.1 Å². The molecule has 1 atom stereocenters. The van der Waals surface area contributed by atoms with Gasteiger partial charge in [-0.3, -0.25) is 9.69 Å². The lowest BCUT2D eigenvalue weighted by Crippen LogP contribution is -2.36. The highest BCUT2D eigenvalue weighted by Gasteiger charge is 2.32. The summed E-state index contributed by atoms with van der Waals surface area (Å²) in [7, 11) is 1.57. The Balaban J connectivity index is 1.49. The van der Waals surface area contributed by atoms with Gasteiger partial charge in [0.1, 0.15) is 0 Å². The molecule has 0 unspecified atom stereocenters. The summed E-state index contributed by atoms with van der Waals surface area (Å²) in [5, 5.41) is 8.21. The molecule has 0 spiro atoms. The molecule has 6 heteroatoms. The molecule has 1 aliphatic heterocycles. The Kier molecular flexibility index (Phi) is 5.91. The fourth-order valence-electron chi connectivity index (χ4n) is 3.85. The van der Waals surface area contributed by atoms with Gasteiger partial charge in [0.2, 0.25) is 5.91 Å². The molecule has 1 saturated heterocycles. The number of urea groups is 1. The van der Waals surface area contributed by atoms with E-state index in [1.54, 1.807) is 19.2 Å². The van der Waals surface area contributed by atoms with E-state index in [0.717, 1.165) is 25.2 Å². The molecule has 0 radical (unpaired) electrons. The number of anilines is 2. The van der Waals surface area contributed by atoms with Crippen molar-refractivity contribution in [3.8, 4) is 0 Å². The van der Waals surface area contributed by atoms with E-state index < -0.39 is 0 Å². The van der Waals surface area contributed by atoms with Crippen molar-refractivity contribution in [2.24, 2.45) is 5.92 Å². The van der Waals surface area contributed by atoms with Gasteiger partial charge in [-0.15, -0.1) is 0 Å². The van der Waals surface area contributed by atoms with E-state index in [2.05, 4.69) is 20.9 Å². The SMILES string of the molecule is CNC(=O)Nc1ccc(NC(=O)[C@H]2CCN(C3CCCCC3)C2)cc1.